The molecule has 0 saturated carbocycles. The van der Waals surface area contributed by atoms with Gasteiger partial charge in [0.1, 0.15) is 6.73 Å². The summed E-state index contributed by atoms with van der Waals surface area (Å²) in [5, 5.41) is 11.3. The number of aliphatic hydroxyl groups is 1. The van der Waals surface area contributed by atoms with Crippen molar-refractivity contribution in [3.8, 4) is 0 Å². The SMILES string of the molecule is C[Si](C)(C)CCOCn1cc(S(C)(=O)=O)nc1C(O)(c1ccc(Cl)cc1)c1ccc(Cl)c(C(F)(F)F)n1. The first-order valence-electron chi connectivity index (χ1n) is 11.0. The van der Waals surface area contributed by atoms with Crippen molar-refractivity contribution in [1.82, 2.24) is 14.5 Å². The predicted molar refractivity (Wildman–Crippen MR) is 137 cm³/mol. The molecule has 0 aliphatic rings. The highest BCUT2D eigenvalue weighted by molar-refractivity contribution is 7.90. The second kappa shape index (κ2) is 10.7. The van der Waals surface area contributed by atoms with Gasteiger partial charge in [-0.2, -0.15) is 13.2 Å². The number of hydrogen-bond acceptors (Lipinski definition) is 6. The van der Waals surface area contributed by atoms with E-state index in [1.807, 2.05) is 0 Å². The molecule has 3 aromatic rings. The molecule has 7 nitrogen and oxygen atoms in total. The zero-order valence-electron chi connectivity index (χ0n) is 20.5. The maximum Gasteiger partial charge on any atom is 0.434 e. The molecule has 2 heterocycles. The Morgan fingerprint density at radius 3 is 2.22 bits per heavy atom. The summed E-state index contributed by atoms with van der Waals surface area (Å²) in [7, 11) is -5.31. The van der Waals surface area contributed by atoms with Crippen molar-refractivity contribution in [2.24, 2.45) is 0 Å². The van der Waals surface area contributed by atoms with Crippen LogP contribution in [-0.2, 0) is 33.1 Å². The van der Waals surface area contributed by atoms with E-state index in [0.29, 0.717) is 11.6 Å². The van der Waals surface area contributed by atoms with Crippen molar-refractivity contribution < 1.29 is 31.4 Å². The lowest BCUT2D eigenvalue weighted by molar-refractivity contribution is -0.141. The van der Waals surface area contributed by atoms with E-state index in [1.165, 1.54) is 35.0 Å². The Balaban J connectivity index is 2.25. The van der Waals surface area contributed by atoms with Gasteiger partial charge in [0, 0.05) is 32.2 Å². The number of nitrogens with zero attached hydrogens (tertiary/aromatic N) is 3. The van der Waals surface area contributed by atoms with Gasteiger partial charge in [-0.3, -0.25) is 0 Å². The Morgan fingerprint density at radius 1 is 1.05 bits per heavy atom. The number of benzene rings is 1. The van der Waals surface area contributed by atoms with Crippen LogP contribution in [0.2, 0.25) is 35.7 Å². The second-order valence-electron chi connectivity index (χ2n) is 9.73. The normalized spacial score (nSPS) is 14.5. The summed E-state index contributed by atoms with van der Waals surface area (Å²) in [4.78, 5) is 7.79. The second-order valence-corrected chi connectivity index (χ2v) is 18.2. The molecule has 37 heavy (non-hydrogen) atoms. The van der Waals surface area contributed by atoms with Gasteiger partial charge in [-0.05, 0) is 35.9 Å². The first-order valence-corrected chi connectivity index (χ1v) is 17.4. The van der Waals surface area contributed by atoms with Crippen molar-refractivity contribution in [3.63, 3.8) is 0 Å². The van der Waals surface area contributed by atoms with Crippen LogP contribution in [0.3, 0.4) is 0 Å². The Morgan fingerprint density at radius 2 is 1.68 bits per heavy atom. The zero-order valence-corrected chi connectivity index (χ0v) is 23.8. The van der Waals surface area contributed by atoms with Crippen LogP contribution in [0.4, 0.5) is 13.2 Å². The van der Waals surface area contributed by atoms with E-state index < -0.39 is 51.1 Å². The van der Waals surface area contributed by atoms with Gasteiger partial charge in [-0.25, -0.2) is 18.4 Å². The van der Waals surface area contributed by atoms with E-state index >= 15 is 0 Å². The average molecular weight is 597 g/mol. The molecule has 1 atom stereocenters. The maximum absolute atomic E-state index is 13.7. The van der Waals surface area contributed by atoms with E-state index in [2.05, 4.69) is 29.6 Å². The summed E-state index contributed by atoms with van der Waals surface area (Å²) in [5.41, 5.74) is -4.26. The predicted octanol–water partition coefficient (Wildman–Crippen LogP) is 5.60. The number of aromatic nitrogens is 3. The molecule has 0 amide bonds. The van der Waals surface area contributed by atoms with E-state index in [0.717, 1.165) is 24.4 Å². The van der Waals surface area contributed by atoms with E-state index in [4.69, 9.17) is 27.9 Å². The number of pyridine rings is 1. The Kier molecular flexibility index (Phi) is 8.52. The smallest absolute Gasteiger partial charge is 0.372 e. The molecule has 0 fully saturated rings. The summed E-state index contributed by atoms with van der Waals surface area (Å²) < 4.78 is 72.6. The van der Waals surface area contributed by atoms with Crippen LogP contribution < -0.4 is 0 Å². The van der Waals surface area contributed by atoms with Crippen molar-refractivity contribution in [3.05, 3.63) is 75.4 Å². The third kappa shape index (κ3) is 6.92. The van der Waals surface area contributed by atoms with Gasteiger partial charge < -0.3 is 14.4 Å². The number of imidazole rings is 1. The molecule has 0 saturated heterocycles. The fourth-order valence-electron chi connectivity index (χ4n) is 3.42. The molecular weight excluding hydrogens is 570 g/mol. The summed E-state index contributed by atoms with van der Waals surface area (Å²) in [6.07, 6.45) is -2.82. The molecule has 1 N–H and O–H groups in total. The van der Waals surface area contributed by atoms with Gasteiger partial charge in [0.2, 0.25) is 0 Å². The summed E-state index contributed by atoms with van der Waals surface area (Å²) >= 11 is 11.8. The molecule has 0 radical (unpaired) electrons. The quantitative estimate of drug-likeness (QED) is 0.255. The van der Waals surface area contributed by atoms with Crippen molar-refractivity contribution in [2.45, 2.75) is 49.2 Å². The molecule has 0 aliphatic carbocycles. The number of sulfone groups is 1. The van der Waals surface area contributed by atoms with Crippen LogP contribution in [0.25, 0.3) is 0 Å². The maximum atomic E-state index is 13.7. The highest BCUT2D eigenvalue weighted by Gasteiger charge is 2.44. The Bertz CT molecular complexity index is 1380. The Labute approximate surface area is 224 Å². The first-order chi connectivity index (χ1) is 16.9. The molecular formula is C23H26Cl2F3N3O4SSi. The summed E-state index contributed by atoms with van der Waals surface area (Å²) in [5.74, 6) is -0.300. The molecule has 0 bridgehead atoms. The highest BCUT2D eigenvalue weighted by Crippen LogP contribution is 2.40. The van der Waals surface area contributed by atoms with Gasteiger partial charge in [-0.1, -0.05) is 55.0 Å². The molecule has 0 spiro atoms. The Hall–Kier alpha value is -1.96. The zero-order chi connectivity index (χ0) is 27.8. The lowest BCUT2D eigenvalue weighted by Gasteiger charge is -2.29. The van der Waals surface area contributed by atoms with Crippen molar-refractivity contribution in [1.29, 1.82) is 0 Å². The topological polar surface area (TPSA) is 94.3 Å². The van der Waals surface area contributed by atoms with Crippen LogP contribution in [0.15, 0.2) is 47.6 Å². The molecule has 1 unspecified atom stereocenters. The number of hydrogen-bond donors (Lipinski definition) is 1. The van der Waals surface area contributed by atoms with Crippen LogP contribution in [0, 0.1) is 0 Å². The average Bonchev–Trinajstić information content (AvgIpc) is 3.21. The van der Waals surface area contributed by atoms with E-state index in [1.54, 1.807) is 0 Å². The fraction of sp³-hybridized carbons (Fsp3) is 0.391. The molecule has 1 aromatic carbocycles. The van der Waals surface area contributed by atoms with Crippen LogP contribution in [0.5, 0.6) is 0 Å². The molecule has 3 rings (SSSR count). The number of ether oxygens (including phenoxy) is 1. The molecule has 0 aliphatic heterocycles. The van der Waals surface area contributed by atoms with Gasteiger partial charge >= 0.3 is 6.18 Å². The fourth-order valence-corrected chi connectivity index (χ4v) is 5.09. The van der Waals surface area contributed by atoms with Crippen LogP contribution >= 0.6 is 23.2 Å². The van der Waals surface area contributed by atoms with Gasteiger partial charge in [0.25, 0.3) is 0 Å². The van der Waals surface area contributed by atoms with Gasteiger partial charge in [-0.15, -0.1) is 0 Å². The number of rotatable bonds is 9. The number of halogens is 5. The summed E-state index contributed by atoms with van der Waals surface area (Å²) in [6.45, 7) is 6.62. The lowest BCUT2D eigenvalue weighted by Crippen LogP contribution is -2.35. The van der Waals surface area contributed by atoms with Crippen molar-refractivity contribution >= 4 is 41.1 Å². The van der Waals surface area contributed by atoms with E-state index in [9.17, 15) is 26.7 Å². The van der Waals surface area contributed by atoms with Gasteiger partial charge in [0.15, 0.2) is 32.0 Å². The van der Waals surface area contributed by atoms with Gasteiger partial charge in [0.05, 0.1) is 10.7 Å². The van der Waals surface area contributed by atoms with E-state index in [-0.39, 0.29) is 18.1 Å². The monoisotopic (exact) mass is 595 g/mol. The highest BCUT2D eigenvalue weighted by atomic mass is 35.5. The minimum Gasteiger partial charge on any atom is -0.372 e. The third-order valence-corrected chi connectivity index (χ3v) is 8.65. The molecule has 14 heteroatoms. The third-order valence-electron chi connectivity index (χ3n) is 5.43. The summed E-state index contributed by atoms with van der Waals surface area (Å²) in [6, 6.07) is 8.52. The first kappa shape index (κ1) is 29.6. The standard InChI is InChI=1S/C23H26Cl2F3N3O4SSi/c1-36(33,34)19-13-31(14-35-11-12-37(2,3)4)21(30-19)22(32,15-5-7-16(24)8-6-15)18-10-9-17(25)20(29-18)23(26,27)28/h5-10,13,32H,11-12,14H2,1-4H3. The minimum absolute atomic E-state index is 0.0499. The van der Waals surface area contributed by atoms with Crippen LogP contribution in [0.1, 0.15) is 22.8 Å². The largest absolute Gasteiger partial charge is 0.434 e. The minimum atomic E-state index is -4.92. The number of alkyl halides is 3. The molecule has 2 aromatic heterocycles. The lowest BCUT2D eigenvalue weighted by atomic mass is 9.88. The molecule has 202 valence electrons. The van der Waals surface area contributed by atoms with Crippen LogP contribution in [-0.4, -0.2) is 49.0 Å². The van der Waals surface area contributed by atoms with Crippen molar-refractivity contribution in [2.75, 3.05) is 12.9 Å².